The Morgan fingerprint density at radius 3 is 2.42 bits per heavy atom. The standard InChI is InChI=1S/C15H26N2O.ClH/c16-8-7-11-4-3-9-17(10-11)15(18)14-12-5-1-2-6-13(12)14;/h11-14H,1-10,16H2;1H. The average Bonchev–Trinajstić information content (AvgIpc) is 3.13. The number of carbonyl (C=O) groups excluding carboxylic acids is 1. The van der Waals surface area contributed by atoms with Gasteiger partial charge in [0.2, 0.25) is 5.91 Å². The Bertz CT molecular complexity index is 309. The number of piperidine rings is 1. The van der Waals surface area contributed by atoms with Crippen molar-refractivity contribution in [3.8, 4) is 0 Å². The molecule has 1 aliphatic heterocycles. The summed E-state index contributed by atoms with van der Waals surface area (Å²) in [5.74, 6) is 3.05. The van der Waals surface area contributed by atoms with E-state index in [1.54, 1.807) is 0 Å². The van der Waals surface area contributed by atoms with E-state index < -0.39 is 0 Å². The fourth-order valence-electron chi connectivity index (χ4n) is 4.31. The van der Waals surface area contributed by atoms with E-state index in [0.717, 1.165) is 37.9 Å². The molecule has 0 aromatic heterocycles. The van der Waals surface area contributed by atoms with Gasteiger partial charge in [-0.05, 0) is 56.4 Å². The summed E-state index contributed by atoms with van der Waals surface area (Å²) >= 11 is 0. The van der Waals surface area contributed by atoms with E-state index in [-0.39, 0.29) is 12.4 Å². The number of likely N-dealkylation sites (tertiary alicyclic amines) is 1. The normalized spacial score (nSPS) is 37.2. The van der Waals surface area contributed by atoms with Gasteiger partial charge < -0.3 is 10.6 Å². The molecule has 2 saturated carbocycles. The zero-order valence-corrected chi connectivity index (χ0v) is 12.5. The first kappa shape index (κ1) is 15.1. The maximum absolute atomic E-state index is 12.6. The van der Waals surface area contributed by atoms with Gasteiger partial charge in [0, 0.05) is 19.0 Å². The molecule has 3 rings (SSSR count). The topological polar surface area (TPSA) is 46.3 Å². The number of carbonyl (C=O) groups is 1. The first-order valence-electron chi connectivity index (χ1n) is 7.80. The maximum Gasteiger partial charge on any atom is 0.226 e. The van der Waals surface area contributed by atoms with E-state index in [2.05, 4.69) is 4.90 Å². The molecule has 0 radical (unpaired) electrons. The SMILES string of the molecule is Cl.NCCC1CCCN(C(=O)C2C3CCCCC32)C1. The molecule has 1 saturated heterocycles. The predicted octanol–water partition coefficient (Wildman–Crippen LogP) is 2.43. The first-order chi connectivity index (χ1) is 8.81. The van der Waals surface area contributed by atoms with Gasteiger partial charge in [0.15, 0.2) is 0 Å². The molecule has 19 heavy (non-hydrogen) atoms. The van der Waals surface area contributed by atoms with Crippen molar-refractivity contribution in [1.82, 2.24) is 4.90 Å². The van der Waals surface area contributed by atoms with Crippen LogP contribution in [0, 0.1) is 23.7 Å². The van der Waals surface area contributed by atoms with Crippen LogP contribution in [0.3, 0.4) is 0 Å². The van der Waals surface area contributed by atoms with Crippen molar-refractivity contribution >= 4 is 18.3 Å². The Labute approximate surface area is 122 Å². The molecule has 3 nitrogen and oxygen atoms in total. The van der Waals surface area contributed by atoms with Crippen LogP contribution in [0.25, 0.3) is 0 Å². The summed E-state index contributed by atoms with van der Waals surface area (Å²) in [6.07, 6.45) is 8.84. The van der Waals surface area contributed by atoms with Gasteiger partial charge in [0.05, 0.1) is 0 Å². The third kappa shape index (κ3) is 3.08. The Kier molecular flexibility index (Phi) is 5.13. The average molecular weight is 287 g/mol. The van der Waals surface area contributed by atoms with Gasteiger partial charge in [-0.2, -0.15) is 0 Å². The van der Waals surface area contributed by atoms with Crippen LogP contribution in [0.2, 0.25) is 0 Å². The highest BCUT2D eigenvalue weighted by atomic mass is 35.5. The summed E-state index contributed by atoms with van der Waals surface area (Å²) in [5.41, 5.74) is 5.65. The van der Waals surface area contributed by atoms with Crippen molar-refractivity contribution in [1.29, 1.82) is 0 Å². The van der Waals surface area contributed by atoms with Gasteiger partial charge in [0.1, 0.15) is 0 Å². The monoisotopic (exact) mass is 286 g/mol. The van der Waals surface area contributed by atoms with E-state index >= 15 is 0 Å². The number of halogens is 1. The number of rotatable bonds is 3. The van der Waals surface area contributed by atoms with E-state index in [0.29, 0.717) is 17.7 Å². The van der Waals surface area contributed by atoms with Crippen molar-refractivity contribution < 1.29 is 4.79 Å². The van der Waals surface area contributed by atoms with E-state index in [4.69, 9.17) is 5.73 Å². The summed E-state index contributed by atoms with van der Waals surface area (Å²) in [5, 5.41) is 0. The second-order valence-corrected chi connectivity index (χ2v) is 6.51. The van der Waals surface area contributed by atoms with Crippen LogP contribution in [0.1, 0.15) is 44.9 Å². The Hall–Kier alpha value is -0.280. The number of hydrogen-bond donors (Lipinski definition) is 1. The van der Waals surface area contributed by atoms with Gasteiger partial charge in [-0.15, -0.1) is 12.4 Å². The van der Waals surface area contributed by atoms with E-state index in [9.17, 15) is 4.79 Å². The highest BCUT2D eigenvalue weighted by Gasteiger charge is 2.55. The lowest BCUT2D eigenvalue weighted by molar-refractivity contribution is -0.135. The number of hydrogen-bond acceptors (Lipinski definition) is 2. The van der Waals surface area contributed by atoms with Crippen LogP contribution >= 0.6 is 12.4 Å². The Morgan fingerprint density at radius 1 is 1.11 bits per heavy atom. The number of nitrogens with zero attached hydrogens (tertiary/aromatic N) is 1. The first-order valence-corrected chi connectivity index (χ1v) is 7.80. The van der Waals surface area contributed by atoms with Crippen molar-refractivity contribution in [3.05, 3.63) is 0 Å². The molecule has 4 heteroatoms. The number of nitrogens with two attached hydrogens (primary N) is 1. The maximum atomic E-state index is 12.6. The zero-order chi connectivity index (χ0) is 12.5. The lowest BCUT2D eigenvalue weighted by Crippen LogP contribution is -2.41. The molecule has 3 aliphatic rings. The number of fused-ring (bicyclic) bond motifs is 1. The van der Waals surface area contributed by atoms with Gasteiger partial charge in [-0.1, -0.05) is 12.8 Å². The summed E-state index contributed by atoms with van der Waals surface area (Å²) in [6.45, 7) is 2.74. The number of amides is 1. The Morgan fingerprint density at radius 2 is 1.79 bits per heavy atom. The molecular formula is C15H27ClN2O. The fraction of sp³-hybridized carbons (Fsp3) is 0.933. The van der Waals surface area contributed by atoms with E-state index in [1.807, 2.05) is 0 Å². The largest absolute Gasteiger partial charge is 0.342 e. The van der Waals surface area contributed by atoms with Gasteiger partial charge in [-0.3, -0.25) is 4.79 Å². The molecule has 110 valence electrons. The van der Waals surface area contributed by atoms with Crippen LogP contribution in [-0.2, 0) is 4.79 Å². The summed E-state index contributed by atoms with van der Waals surface area (Å²) in [6, 6.07) is 0. The second kappa shape index (κ2) is 6.45. The van der Waals surface area contributed by atoms with Crippen LogP contribution in [-0.4, -0.2) is 30.4 Å². The van der Waals surface area contributed by atoms with Crippen molar-refractivity contribution in [2.75, 3.05) is 19.6 Å². The fourth-order valence-corrected chi connectivity index (χ4v) is 4.31. The summed E-state index contributed by atoms with van der Waals surface area (Å²) < 4.78 is 0. The second-order valence-electron chi connectivity index (χ2n) is 6.51. The predicted molar refractivity (Wildman–Crippen MR) is 79.2 cm³/mol. The minimum absolute atomic E-state index is 0. The quantitative estimate of drug-likeness (QED) is 0.866. The van der Waals surface area contributed by atoms with Gasteiger partial charge in [0.25, 0.3) is 0 Å². The molecule has 3 fully saturated rings. The van der Waals surface area contributed by atoms with Crippen molar-refractivity contribution in [3.63, 3.8) is 0 Å². The lowest BCUT2D eigenvalue weighted by atomic mass is 9.94. The Balaban J connectivity index is 0.00000133. The molecule has 3 atom stereocenters. The lowest BCUT2D eigenvalue weighted by Gasteiger charge is -2.33. The smallest absolute Gasteiger partial charge is 0.226 e. The minimum Gasteiger partial charge on any atom is -0.342 e. The van der Waals surface area contributed by atoms with E-state index in [1.165, 1.54) is 38.5 Å². The molecular weight excluding hydrogens is 260 g/mol. The minimum atomic E-state index is 0. The van der Waals surface area contributed by atoms with Gasteiger partial charge in [-0.25, -0.2) is 0 Å². The highest BCUT2D eigenvalue weighted by Crippen LogP contribution is 2.56. The summed E-state index contributed by atoms with van der Waals surface area (Å²) in [4.78, 5) is 14.7. The highest BCUT2D eigenvalue weighted by molar-refractivity contribution is 5.85. The van der Waals surface area contributed by atoms with Crippen LogP contribution in [0.15, 0.2) is 0 Å². The van der Waals surface area contributed by atoms with Crippen LogP contribution in [0.4, 0.5) is 0 Å². The molecule has 1 amide bonds. The molecule has 0 spiro atoms. The molecule has 2 N–H and O–H groups in total. The van der Waals surface area contributed by atoms with Crippen molar-refractivity contribution in [2.45, 2.75) is 44.9 Å². The molecule has 0 aromatic rings. The molecule has 0 aromatic carbocycles. The molecule has 3 unspecified atom stereocenters. The van der Waals surface area contributed by atoms with Gasteiger partial charge >= 0.3 is 0 Å². The molecule has 2 aliphatic carbocycles. The van der Waals surface area contributed by atoms with Crippen LogP contribution in [0.5, 0.6) is 0 Å². The third-order valence-electron chi connectivity index (χ3n) is 5.35. The molecule has 1 heterocycles. The van der Waals surface area contributed by atoms with Crippen LogP contribution < -0.4 is 5.73 Å². The van der Waals surface area contributed by atoms with Crippen molar-refractivity contribution in [2.24, 2.45) is 29.4 Å². The summed E-state index contributed by atoms with van der Waals surface area (Å²) in [7, 11) is 0. The zero-order valence-electron chi connectivity index (χ0n) is 11.7. The molecule has 0 bridgehead atoms. The third-order valence-corrected chi connectivity index (χ3v) is 5.35.